The van der Waals surface area contributed by atoms with Gasteiger partial charge in [0.15, 0.2) is 0 Å². The molecular formula is C27H48O3. The first-order valence-corrected chi connectivity index (χ1v) is 11.8. The van der Waals surface area contributed by atoms with Crippen LogP contribution in [0.15, 0.2) is 12.1 Å². The molecular weight excluding hydrogens is 372 g/mol. The van der Waals surface area contributed by atoms with E-state index in [2.05, 4.69) is 48.5 Å². The molecule has 0 bridgehead atoms. The van der Waals surface area contributed by atoms with Crippen LogP contribution in [-0.2, 0) is 6.42 Å². The molecule has 1 aromatic rings. The molecule has 0 aliphatic carbocycles. The highest BCUT2D eigenvalue weighted by molar-refractivity contribution is 5.45. The molecule has 1 aromatic carbocycles. The molecule has 0 spiro atoms. The number of benzene rings is 1. The second-order valence-corrected chi connectivity index (χ2v) is 11.9. The summed E-state index contributed by atoms with van der Waals surface area (Å²) in [5, 5.41) is 31.4. The van der Waals surface area contributed by atoms with E-state index in [1.165, 1.54) is 19.3 Å². The Morgan fingerprint density at radius 2 is 1.47 bits per heavy atom. The number of aromatic hydroxyl groups is 2. The predicted octanol–water partition coefficient (Wildman–Crippen LogP) is 7.38. The van der Waals surface area contributed by atoms with Gasteiger partial charge in [0.25, 0.3) is 0 Å². The van der Waals surface area contributed by atoms with Gasteiger partial charge in [-0.1, -0.05) is 61.3 Å². The number of hydrogen-bond donors (Lipinski definition) is 3. The minimum Gasteiger partial charge on any atom is -0.508 e. The lowest BCUT2D eigenvalue weighted by Crippen LogP contribution is -2.42. The predicted molar refractivity (Wildman–Crippen MR) is 128 cm³/mol. The van der Waals surface area contributed by atoms with Crippen LogP contribution in [0.2, 0.25) is 0 Å². The van der Waals surface area contributed by atoms with Gasteiger partial charge in [-0.3, -0.25) is 0 Å². The average Bonchev–Trinajstić information content (AvgIpc) is 2.60. The van der Waals surface area contributed by atoms with Crippen LogP contribution in [0.3, 0.4) is 0 Å². The van der Waals surface area contributed by atoms with E-state index in [4.69, 9.17) is 0 Å². The van der Waals surface area contributed by atoms with Gasteiger partial charge in [-0.15, -0.1) is 0 Å². The summed E-state index contributed by atoms with van der Waals surface area (Å²) in [6.45, 7) is 19.7. The Labute approximate surface area is 185 Å². The molecule has 0 amide bonds. The molecule has 0 fully saturated rings. The monoisotopic (exact) mass is 420 g/mol. The average molecular weight is 421 g/mol. The zero-order valence-electron chi connectivity index (χ0n) is 21.1. The van der Waals surface area contributed by atoms with E-state index in [1.54, 1.807) is 19.1 Å². The van der Waals surface area contributed by atoms with Crippen molar-refractivity contribution >= 4 is 0 Å². The number of aliphatic hydroxyl groups is 1. The molecule has 0 aliphatic heterocycles. The van der Waals surface area contributed by atoms with Gasteiger partial charge < -0.3 is 15.3 Å². The summed E-state index contributed by atoms with van der Waals surface area (Å²) < 4.78 is 0. The molecule has 1 unspecified atom stereocenters. The molecule has 0 aromatic heterocycles. The van der Waals surface area contributed by atoms with Crippen molar-refractivity contribution in [1.82, 2.24) is 0 Å². The highest BCUT2D eigenvalue weighted by Crippen LogP contribution is 2.42. The van der Waals surface area contributed by atoms with Gasteiger partial charge >= 0.3 is 0 Å². The second-order valence-electron chi connectivity index (χ2n) is 11.9. The maximum atomic E-state index is 11.3. The Balaban J connectivity index is 2.66. The molecule has 0 saturated heterocycles. The zero-order chi connectivity index (χ0) is 23.3. The van der Waals surface area contributed by atoms with Gasteiger partial charge in [0.1, 0.15) is 11.5 Å². The second kappa shape index (κ2) is 10.4. The smallest absolute Gasteiger partial charge is 0.121 e. The number of rotatable bonds is 12. The minimum absolute atomic E-state index is 0.160. The summed E-state index contributed by atoms with van der Waals surface area (Å²) in [6.07, 6.45) is 6.91. The van der Waals surface area contributed by atoms with Crippen molar-refractivity contribution < 1.29 is 15.3 Å². The maximum Gasteiger partial charge on any atom is 0.121 e. The summed E-state index contributed by atoms with van der Waals surface area (Å²) in [7, 11) is 0. The minimum atomic E-state index is -0.855. The molecule has 3 N–H and O–H groups in total. The lowest BCUT2D eigenvalue weighted by Gasteiger charge is -2.41. The van der Waals surface area contributed by atoms with Crippen molar-refractivity contribution in [3.63, 3.8) is 0 Å². The molecule has 1 rings (SSSR count). The van der Waals surface area contributed by atoms with Crippen LogP contribution in [-0.4, -0.2) is 20.9 Å². The number of phenolic OH excluding ortho intramolecular Hbond substituents is 2. The van der Waals surface area contributed by atoms with Gasteiger partial charge in [0, 0.05) is 0 Å². The largest absolute Gasteiger partial charge is 0.508 e. The van der Waals surface area contributed by atoms with Crippen LogP contribution >= 0.6 is 0 Å². The topological polar surface area (TPSA) is 60.7 Å². The van der Waals surface area contributed by atoms with Crippen LogP contribution in [0, 0.1) is 29.6 Å². The van der Waals surface area contributed by atoms with E-state index in [0.717, 1.165) is 18.8 Å². The van der Waals surface area contributed by atoms with E-state index in [1.807, 2.05) is 6.92 Å². The molecule has 0 heterocycles. The van der Waals surface area contributed by atoms with Gasteiger partial charge in [-0.2, -0.15) is 0 Å². The van der Waals surface area contributed by atoms with Crippen molar-refractivity contribution in [3.8, 4) is 11.5 Å². The van der Waals surface area contributed by atoms with E-state index >= 15 is 0 Å². The third kappa shape index (κ3) is 8.13. The SMILES string of the molecule is Cc1cc(O)cc(CCC(C)(O)C(C)(C)CC[C@H](C)CC(C)(C)CCC(C)C)c1O. The molecule has 30 heavy (non-hydrogen) atoms. The molecule has 0 saturated carbocycles. The summed E-state index contributed by atoms with van der Waals surface area (Å²) in [4.78, 5) is 0. The third-order valence-electron chi connectivity index (χ3n) is 7.26. The van der Waals surface area contributed by atoms with Crippen molar-refractivity contribution in [2.75, 3.05) is 0 Å². The summed E-state index contributed by atoms with van der Waals surface area (Å²) in [5.74, 6) is 1.76. The Bertz CT molecular complexity index is 671. The number of phenols is 2. The highest BCUT2D eigenvalue weighted by Gasteiger charge is 2.39. The van der Waals surface area contributed by atoms with E-state index in [9.17, 15) is 15.3 Å². The Morgan fingerprint density at radius 1 is 0.867 bits per heavy atom. The third-order valence-corrected chi connectivity index (χ3v) is 7.26. The fourth-order valence-electron chi connectivity index (χ4n) is 4.44. The van der Waals surface area contributed by atoms with Crippen LogP contribution in [0.5, 0.6) is 11.5 Å². The quantitative estimate of drug-likeness (QED) is 0.309. The normalized spacial score (nSPS) is 16.0. The first-order chi connectivity index (χ1) is 13.6. The van der Waals surface area contributed by atoms with E-state index in [0.29, 0.717) is 35.3 Å². The van der Waals surface area contributed by atoms with E-state index < -0.39 is 5.60 Å². The lowest BCUT2D eigenvalue weighted by atomic mass is 9.68. The fraction of sp³-hybridized carbons (Fsp3) is 0.778. The van der Waals surface area contributed by atoms with E-state index in [-0.39, 0.29) is 16.9 Å². The first kappa shape index (κ1) is 26.8. The van der Waals surface area contributed by atoms with Crippen molar-refractivity contribution in [1.29, 1.82) is 0 Å². The summed E-state index contributed by atoms with van der Waals surface area (Å²) in [6, 6.07) is 3.16. The van der Waals surface area contributed by atoms with Gasteiger partial charge in [-0.05, 0) is 91.9 Å². The van der Waals surface area contributed by atoms with Crippen molar-refractivity contribution in [3.05, 3.63) is 23.3 Å². The molecule has 0 aliphatic rings. The van der Waals surface area contributed by atoms with Gasteiger partial charge in [0.2, 0.25) is 0 Å². The lowest BCUT2D eigenvalue weighted by molar-refractivity contribution is -0.0645. The van der Waals surface area contributed by atoms with Crippen LogP contribution in [0.4, 0.5) is 0 Å². The molecule has 174 valence electrons. The first-order valence-electron chi connectivity index (χ1n) is 11.8. The summed E-state index contributed by atoms with van der Waals surface area (Å²) in [5.41, 5.74) is 0.638. The van der Waals surface area contributed by atoms with Crippen LogP contribution in [0.25, 0.3) is 0 Å². The molecule has 3 heteroatoms. The number of aryl methyl sites for hydroxylation is 2. The zero-order valence-corrected chi connectivity index (χ0v) is 21.1. The Morgan fingerprint density at radius 3 is 2.03 bits per heavy atom. The number of hydrogen-bond acceptors (Lipinski definition) is 3. The summed E-state index contributed by atoms with van der Waals surface area (Å²) >= 11 is 0. The molecule has 2 atom stereocenters. The van der Waals surface area contributed by atoms with Crippen molar-refractivity contribution in [2.45, 2.75) is 113 Å². The van der Waals surface area contributed by atoms with Crippen molar-refractivity contribution in [2.24, 2.45) is 22.7 Å². The van der Waals surface area contributed by atoms with Crippen LogP contribution < -0.4 is 0 Å². The Kier molecular flexibility index (Phi) is 9.29. The van der Waals surface area contributed by atoms with Gasteiger partial charge in [0.05, 0.1) is 5.60 Å². The highest BCUT2D eigenvalue weighted by atomic mass is 16.3. The fourth-order valence-corrected chi connectivity index (χ4v) is 4.44. The van der Waals surface area contributed by atoms with Crippen LogP contribution in [0.1, 0.15) is 105 Å². The van der Waals surface area contributed by atoms with Gasteiger partial charge in [-0.25, -0.2) is 0 Å². The Hall–Kier alpha value is -1.22. The maximum absolute atomic E-state index is 11.3. The molecule has 3 nitrogen and oxygen atoms in total. The molecule has 0 radical (unpaired) electrons. The standard InChI is InChI=1S/C27H48O3/c1-19(2)10-13-25(5,6)18-20(3)11-14-26(7,8)27(9,30)15-12-22-17-23(28)16-21(4)24(22)29/h16-17,19-20,28-30H,10-15,18H2,1-9H3/t20-,27?/m0/s1.